The molecular formula is C17H26BrNO. The molecule has 0 saturated heterocycles. The van der Waals surface area contributed by atoms with Gasteiger partial charge in [0.05, 0.1) is 0 Å². The van der Waals surface area contributed by atoms with Crippen LogP contribution >= 0.6 is 15.9 Å². The van der Waals surface area contributed by atoms with E-state index in [4.69, 9.17) is 4.74 Å². The molecule has 0 radical (unpaired) electrons. The van der Waals surface area contributed by atoms with Gasteiger partial charge in [0.15, 0.2) is 0 Å². The predicted octanol–water partition coefficient (Wildman–Crippen LogP) is 4.78. The Morgan fingerprint density at radius 2 is 1.85 bits per heavy atom. The molecule has 1 aliphatic rings. The van der Waals surface area contributed by atoms with Gasteiger partial charge in [-0.1, -0.05) is 35.7 Å². The fraction of sp³-hybridized carbons (Fsp3) is 0.647. The average molecular weight is 340 g/mol. The molecule has 2 rings (SSSR count). The van der Waals surface area contributed by atoms with Crippen LogP contribution in [0.5, 0.6) is 5.75 Å². The Labute approximate surface area is 131 Å². The maximum atomic E-state index is 5.73. The Morgan fingerprint density at radius 1 is 1.15 bits per heavy atom. The smallest absolute Gasteiger partial charge is 0.119 e. The maximum Gasteiger partial charge on any atom is 0.119 e. The van der Waals surface area contributed by atoms with Crippen LogP contribution in [-0.2, 0) is 0 Å². The molecule has 2 nitrogen and oxygen atoms in total. The number of rotatable bonds is 7. The molecule has 0 amide bonds. The molecule has 1 saturated carbocycles. The third-order valence-electron chi connectivity index (χ3n) is 4.16. The van der Waals surface area contributed by atoms with Gasteiger partial charge in [-0.25, -0.2) is 0 Å². The molecule has 1 N–H and O–H groups in total. The Bertz CT molecular complexity index is 371. The van der Waals surface area contributed by atoms with Gasteiger partial charge in [0.25, 0.3) is 0 Å². The van der Waals surface area contributed by atoms with E-state index in [0.29, 0.717) is 6.04 Å². The lowest BCUT2D eigenvalue weighted by Crippen LogP contribution is -2.35. The van der Waals surface area contributed by atoms with Crippen molar-refractivity contribution in [3.8, 4) is 5.75 Å². The van der Waals surface area contributed by atoms with Gasteiger partial charge in [0, 0.05) is 17.1 Å². The molecule has 0 aliphatic heterocycles. The van der Waals surface area contributed by atoms with Gasteiger partial charge in [-0.15, -0.1) is 0 Å². The van der Waals surface area contributed by atoms with E-state index in [1.54, 1.807) is 0 Å². The summed E-state index contributed by atoms with van der Waals surface area (Å²) in [6.07, 6.45) is 8.23. The summed E-state index contributed by atoms with van der Waals surface area (Å²) in [5, 5.41) is 3.63. The maximum absolute atomic E-state index is 5.73. The van der Waals surface area contributed by atoms with Gasteiger partial charge in [-0.3, -0.25) is 0 Å². The first-order valence-electron chi connectivity index (χ1n) is 7.89. The van der Waals surface area contributed by atoms with Crippen molar-refractivity contribution < 1.29 is 4.74 Å². The first kappa shape index (κ1) is 15.8. The van der Waals surface area contributed by atoms with Crippen molar-refractivity contribution in [2.75, 3.05) is 13.2 Å². The summed E-state index contributed by atoms with van der Waals surface area (Å²) in [4.78, 5) is 0. The number of halogens is 1. The van der Waals surface area contributed by atoms with Gasteiger partial charge in [-0.05, 0) is 55.9 Å². The minimum absolute atomic E-state index is 0.705. The normalized spacial score (nSPS) is 22.7. The zero-order valence-electron chi connectivity index (χ0n) is 12.4. The van der Waals surface area contributed by atoms with E-state index in [9.17, 15) is 0 Å². The van der Waals surface area contributed by atoms with Crippen molar-refractivity contribution in [1.82, 2.24) is 5.32 Å². The average Bonchev–Trinajstić information content (AvgIpc) is 2.47. The molecular weight excluding hydrogens is 314 g/mol. The fourth-order valence-corrected chi connectivity index (χ4v) is 3.29. The molecule has 0 heterocycles. The van der Waals surface area contributed by atoms with E-state index < -0.39 is 0 Å². The predicted molar refractivity (Wildman–Crippen MR) is 88.3 cm³/mol. The quantitative estimate of drug-likeness (QED) is 0.722. The largest absolute Gasteiger partial charge is 0.492 e. The number of benzene rings is 1. The highest BCUT2D eigenvalue weighted by molar-refractivity contribution is 9.10. The van der Waals surface area contributed by atoms with E-state index in [-0.39, 0.29) is 0 Å². The topological polar surface area (TPSA) is 21.3 Å². The second-order valence-electron chi connectivity index (χ2n) is 5.76. The van der Waals surface area contributed by atoms with E-state index in [1.807, 2.05) is 24.3 Å². The highest BCUT2D eigenvalue weighted by atomic mass is 79.9. The van der Waals surface area contributed by atoms with Crippen molar-refractivity contribution in [3.63, 3.8) is 0 Å². The molecule has 1 aromatic rings. The molecule has 1 aromatic carbocycles. The van der Waals surface area contributed by atoms with Crippen molar-refractivity contribution in [1.29, 1.82) is 0 Å². The van der Waals surface area contributed by atoms with Gasteiger partial charge in [-0.2, -0.15) is 0 Å². The zero-order valence-corrected chi connectivity index (χ0v) is 14.0. The summed E-state index contributed by atoms with van der Waals surface area (Å²) in [5.74, 6) is 1.93. The first-order chi connectivity index (χ1) is 9.78. The number of ether oxygens (including phenoxy) is 1. The summed E-state index contributed by atoms with van der Waals surface area (Å²) < 4.78 is 6.82. The minimum atomic E-state index is 0.705. The Morgan fingerprint density at radius 3 is 2.50 bits per heavy atom. The van der Waals surface area contributed by atoms with Crippen molar-refractivity contribution in [3.05, 3.63) is 28.7 Å². The van der Waals surface area contributed by atoms with Crippen molar-refractivity contribution in [2.45, 2.75) is 51.5 Å². The third kappa shape index (κ3) is 5.45. The molecule has 3 heteroatoms. The number of hydrogen-bond acceptors (Lipinski definition) is 2. The molecule has 0 unspecified atom stereocenters. The van der Waals surface area contributed by atoms with Crippen LogP contribution in [0.3, 0.4) is 0 Å². The van der Waals surface area contributed by atoms with Crippen LogP contribution in [0, 0.1) is 5.92 Å². The van der Waals surface area contributed by atoms with E-state index in [2.05, 4.69) is 28.2 Å². The summed E-state index contributed by atoms with van der Waals surface area (Å²) in [5.41, 5.74) is 0. The van der Waals surface area contributed by atoms with E-state index in [1.165, 1.54) is 38.5 Å². The Balaban J connectivity index is 1.56. The van der Waals surface area contributed by atoms with Crippen LogP contribution in [0.15, 0.2) is 28.7 Å². The van der Waals surface area contributed by atoms with Crippen LogP contribution in [0.4, 0.5) is 0 Å². The van der Waals surface area contributed by atoms with Gasteiger partial charge < -0.3 is 10.1 Å². The minimum Gasteiger partial charge on any atom is -0.492 e. The highest BCUT2D eigenvalue weighted by Crippen LogP contribution is 2.27. The number of nitrogens with one attached hydrogen (secondary N) is 1. The van der Waals surface area contributed by atoms with Crippen molar-refractivity contribution in [2.24, 2.45) is 5.92 Å². The second kappa shape index (κ2) is 8.68. The lowest BCUT2D eigenvalue weighted by molar-refractivity contribution is 0.256. The molecule has 0 atom stereocenters. The highest BCUT2D eigenvalue weighted by Gasteiger charge is 2.19. The fourth-order valence-electron chi connectivity index (χ4n) is 3.03. The molecule has 112 valence electrons. The summed E-state index contributed by atoms with van der Waals surface area (Å²) in [7, 11) is 0. The molecule has 1 fully saturated rings. The Kier molecular flexibility index (Phi) is 6.88. The summed E-state index contributed by atoms with van der Waals surface area (Å²) in [6.45, 7) is 3.99. The lowest BCUT2D eigenvalue weighted by atomic mass is 9.83. The zero-order chi connectivity index (χ0) is 14.2. The SMILES string of the molecule is CCCC1CCC(NCCOc2ccc(Br)cc2)CC1. The van der Waals surface area contributed by atoms with Crippen LogP contribution < -0.4 is 10.1 Å². The Hall–Kier alpha value is -0.540. The molecule has 0 spiro atoms. The molecule has 0 aromatic heterocycles. The van der Waals surface area contributed by atoms with Crippen LogP contribution in [0.2, 0.25) is 0 Å². The van der Waals surface area contributed by atoms with Gasteiger partial charge in [0.2, 0.25) is 0 Å². The van der Waals surface area contributed by atoms with Crippen LogP contribution in [0.1, 0.15) is 45.4 Å². The molecule has 20 heavy (non-hydrogen) atoms. The monoisotopic (exact) mass is 339 g/mol. The first-order valence-corrected chi connectivity index (χ1v) is 8.69. The summed E-state index contributed by atoms with van der Waals surface area (Å²) in [6, 6.07) is 8.73. The van der Waals surface area contributed by atoms with Crippen molar-refractivity contribution >= 4 is 15.9 Å². The van der Waals surface area contributed by atoms with Crippen LogP contribution in [0.25, 0.3) is 0 Å². The lowest BCUT2D eigenvalue weighted by Gasteiger charge is -2.29. The summed E-state index contributed by atoms with van der Waals surface area (Å²) >= 11 is 3.43. The molecule has 1 aliphatic carbocycles. The second-order valence-corrected chi connectivity index (χ2v) is 6.68. The van der Waals surface area contributed by atoms with E-state index in [0.717, 1.165) is 29.3 Å². The standard InChI is InChI=1S/C17H26BrNO/c1-2-3-14-4-8-16(9-5-14)19-12-13-20-17-10-6-15(18)7-11-17/h6-7,10-11,14,16,19H,2-5,8-9,12-13H2,1H3. The van der Waals surface area contributed by atoms with E-state index >= 15 is 0 Å². The molecule has 0 bridgehead atoms. The van der Waals surface area contributed by atoms with Crippen LogP contribution in [-0.4, -0.2) is 19.2 Å². The third-order valence-corrected chi connectivity index (χ3v) is 4.69. The number of hydrogen-bond donors (Lipinski definition) is 1. The van der Waals surface area contributed by atoms with Gasteiger partial charge in [0.1, 0.15) is 12.4 Å². The van der Waals surface area contributed by atoms with Gasteiger partial charge >= 0.3 is 0 Å².